The average Bonchev–Trinajstić information content (AvgIpc) is 3.53. The number of hydrogen-bond acceptors (Lipinski definition) is 9. The van der Waals surface area contributed by atoms with Gasteiger partial charge in [0, 0.05) is 44.3 Å². The zero-order chi connectivity index (χ0) is 29.9. The van der Waals surface area contributed by atoms with E-state index in [1.165, 1.54) is 25.3 Å². The van der Waals surface area contributed by atoms with Crippen molar-refractivity contribution in [2.45, 2.75) is 56.3 Å². The van der Waals surface area contributed by atoms with E-state index in [0.717, 1.165) is 51.6 Å². The molecule has 1 saturated heterocycles. The number of piperidine rings is 1. The molecule has 11 nitrogen and oxygen atoms in total. The van der Waals surface area contributed by atoms with Gasteiger partial charge in [0.05, 0.1) is 32.1 Å². The van der Waals surface area contributed by atoms with E-state index >= 15 is 4.39 Å². The Morgan fingerprint density at radius 2 is 2.00 bits per heavy atom. The van der Waals surface area contributed by atoms with Crippen LogP contribution in [0.15, 0.2) is 24.4 Å². The van der Waals surface area contributed by atoms with Crippen LogP contribution in [-0.4, -0.2) is 96.5 Å². The number of aliphatic hydroxyl groups excluding tert-OH is 1. The van der Waals surface area contributed by atoms with Gasteiger partial charge in [-0.3, -0.25) is 9.59 Å². The highest BCUT2D eigenvalue weighted by molar-refractivity contribution is 6.05. The maximum Gasteiger partial charge on any atom is 0.279 e. The van der Waals surface area contributed by atoms with Gasteiger partial charge in [0.2, 0.25) is 5.95 Å². The molecule has 224 valence electrons. The third-order valence-electron chi connectivity index (χ3n) is 8.46. The van der Waals surface area contributed by atoms with Crippen LogP contribution in [0.5, 0.6) is 5.75 Å². The van der Waals surface area contributed by atoms with Crippen molar-refractivity contribution in [3.05, 3.63) is 30.0 Å². The Balaban J connectivity index is 1.36. The van der Waals surface area contributed by atoms with E-state index in [1.54, 1.807) is 18.2 Å². The van der Waals surface area contributed by atoms with Crippen molar-refractivity contribution in [2.75, 3.05) is 62.1 Å². The number of likely N-dealkylation sites (tertiary alicyclic amines) is 1. The van der Waals surface area contributed by atoms with Crippen LogP contribution in [0.1, 0.15) is 48.9 Å². The molecule has 42 heavy (non-hydrogen) atoms. The first kappa shape index (κ1) is 29.5. The zero-order valence-electron chi connectivity index (χ0n) is 24.1. The van der Waals surface area contributed by atoms with Crippen LogP contribution in [-0.2, 0) is 4.79 Å². The molecule has 2 fully saturated rings. The summed E-state index contributed by atoms with van der Waals surface area (Å²) in [4.78, 5) is 40.3. The third kappa shape index (κ3) is 5.98. The molecule has 1 unspecified atom stereocenters. The van der Waals surface area contributed by atoms with Crippen LogP contribution in [0.3, 0.4) is 0 Å². The minimum Gasteiger partial charge on any atom is -0.495 e. The Bertz CT molecular complexity index is 1350. The van der Waals surface area contributed by atoms with Gasteiger partial charge in [-0.2, -0.15) is 4.98 Å². The average molecular weight is 580 g/mol. The number of aliphatic hydroxyl groups is 1. The maximum atomic E-state index is 15.7. The molecule has 0 radical (unpaired) electrons. The van der Waals surface area contributed by atoms with Crippen LogP contribution in [0.25, 0.3) is 0 Å². The molecule has 12 heteroatoms. The van der Waals surface area contributed by atoms with Gasteiger partial charge < -0.3 is 35.2 Å². The molecule has 3 N–H and O–H groups in total. The number of amides is 2. The summed E-state index contributed by atoms with van der Waals surface area (Å²) < 4.78 is 21.3. The summed E-state index contributed by atoms with van der Waals surface area (Å²) in [5.41, 5.74) is -1.10. The van der Waals surface area contributed by atoms with Crippen LogP contribution in [0, 0.1) is 12.3 Å². The molecule has 0 spiro atoms. The third-order valence-corrected chi connectivity index (χ3v) is 8.46. The summed E-state index contributed by atoms with van der Waals surface area (Å²) in [6.07, 6.45) is 12.4. The number of halogens is 1. The van der Waals surface area contributed by atoms with Crippen molar-refractivity contribution in [2.24, 2.45) is 0 Å². The number of methoxy groups -OCH3 is 1. The molecule has 3 aliphatic rings. The Labute approximate surface area is 245 Å². The maximum absolute atomic E-state index is 15.7. The molecule has 1 aliphatic carbocycles. The van der Waals surface area contributed by atoms with Crippen molar-refractivity contribution in [1.29, 1.82) is 0 Å². The summed E-state index contributed by atoms with van der Waals surface area (Å²) in [5, 5.41) is 15.4. The van der Waals surface area contributed by atoms with Gasteiger partial charge in [-0.15, -0.1) is 6.42 Å². The van der Waals surface area contributed by atoms with Gasteiger partial charge in [-0.25, -0.2) is 9.37 Å². The molecule has 2 amide bonds. The Kier molecular flexibility index (Phi) is 8.80. The van der Waals surface area contributed by atoms with Gasteiger partial charge in [0.1, 0.15) is 11.4 Å². The Hall–Kier alpha value is -3.95. The quantitative estimate of drug-likeness (QED) is 0.405. The topological polar surface area (TPSA) is 123 Å². The molecule has 2 aliphatic heterocycles. The Morgan fingerprint density at radius 1 is 1.26 bits per heavy atom. The number of anilines is 4. The monoisotopic (exact) mass is 579 g/mol. The van der Waals surface area contributed by atoms with Crippen LogP contribution in [0.4, 0.5) is 27.5 Å². The number of benzene rings is 1. The lowest BCUT2D eigenvalue weighted by Crippen LogP contribution is -2.50. The van der Waals surface area contributed by atoms with E-state index in [0.29, 0.717) is 35.1 Å². The lowest BCUT2D eigenvalue weighted by Gasteiger charge is -2.32. The van der Waals surface area contributed by atoms with Crippen molar-refractivity contribution < 1.29 is 23.8 Å². The summed E-state index contributed by atoms with van der Waals surface area (Å²) in [5.74, 6) is 2.17. The smallest absolute Gasteiger partial charge is 0.279 e. The van der Waals surface area contributed by atoms with Crippen LogP contribution in [0.2, 0.25) is 0 Å². The van der Waals surface area contributed by atoms with E-state index in [9.17, 15) is 9.59 Å². The predicted molar refractivity (Wildman–Crippen MR) is 158 cm³/mol. The predicted octanol–water partition coefficient (Wildman–Crippen LogP) is 2.48. The lowest BCUT2D eigenvalue weighted by atomic mass is 10.0. The number of fused-ring (bicyclic) bond motifs is 1. The molecule has 1 atom stereocenters. The fourth-order valence-electron chi connectivity index (χ4n) is 6.02. The largest absolute Gasteiger partial charge is 0.495 e. The second-order valence-corrected chi connectivity index (χ2v) is 11.1. The zero-order valence-corrected chi connectivity index (χ0v) is 24.1. The molecule has 1 aromatic heterocycles. The number of aromatic nitrogens is 2. The van der Waals surface area contributed by atoms with Crippen molar-refractivity contribution in [3.63, 3.8) is 0 Å². The number of carbonyl (C=O) groups excluding carboxylic acids is 2. The highest BCUT2D eigenvalue weighted by atomic mass is 19.1. The fourth-order valence-corrected chi connectivity index (χ4v) is 6.02. The molecule has 0 bridgehead atoms. The normalized spacial score (nSPS) is 21.9. The molecular formula is C30H38FN7O4. The standard InChI is InChI=1S/C30H38FN7O4/c1-4-30(31)19-38(22-7-5-6-8-22)26-24(36(2)28(30)41)18-32-29(35-26)34-23-10-9-20(17-25(23)42-3)27(40)33-21-11-13-37(14-12-21)15-16-39/h1,9-10,17-18,21-22,39H,5-8,11-16,19H2,2-3H3,(H,33,40)(H,32,34,35). The van der Waals surface area contributed by atoms with Crippen LogP contribution >= 0.6 is 0 Å². The van der Waals surface area contributed by atoms with E-state index in [1.807, 2.05) is 4.90 Å². The van der Waals surface area contributed by atoms with Gasteiger partial charge in [-0.1, -0.05) is 18.8 Å². The van der Waals surface area contributed by atoms with E-state index in [4.69, 9.17) is 21.3 Å². The summed E-state index contributed by atoms with van der Waals surface area (Å²) in [6, 6.07) is 5.15. The number of hydrogen-bond donors (Lipinski definition) is 3. The number of nitrogens with zero attached hydrogens (tertiary/aromatic N) is 5. The number of alkyl halides is 1. The van der Waals surface area contributed by atoms with Crippen molar-refractivity contribution >= 4 is 35.0 Å². The summed E-state index contributed by atoms with van der Waals surface area (Å²) in [7, 11) is 2.99. The van der Waals surface area contributed by atoms with E-state index < -0.39 is 11.6 Å². The van der Waals surface area contributed by atoms with E-state index in [2.05, 4.69) is 26.4 Å². The minimum atomic E-state index is -2.48. The highest BCUT2D eigenvalue weighted by Crippen LogP contribution is 2.39. The molecule has 1 aromatic carbocycles. The number of β-amino-alcohol motifs (C(OH)–C–C–N with tert-alkyl or cyclic N) is 1. The van der Waals surface area contributed by atoms with Crippen molar-refractivity contribution in [1.82, 2.24) is 20.2 Å². The number of rotatable bonds is 8. The molecule has 3 heterocycles. The first-order chi connectivity index (χ1) is 20.3. The fraction of sp³-hybridized carbons (Fsp3) is 0.533. The lowest BCUT2D eigenvalue weighted by molar-refractivity contribution is -0.125. The van der Waals surface area contributed by atoms with Crippen molar-refractivity contribution in [3.8, 4) is 18.1 Å². The molecule has 1 saturated carbocycles. The number of terminal acetylenes is 1. The second kappa shape index (κ2) is 12.5. The van der Waals surface area contributed by atoms with Crippen LogP contribution < -0.4 is 25.2 Å². The minimum absolute atomic E-state index is 0.00326. The molecular weight excluding hydrogens is 541 g/mol. The van der Waals surface area contributed by atoms with E-state index in [-0.39, 0.29) is 37.1 Å². The summed E-state index contributed by atoms with van der Waals surface area (Å²) >= 11 is 0. The molecule has 5 rings (SSSR count). The highest BCUT2D eigenvalue weighted by Gasteiger charge is 2.47. The first-order valence-corrected chi connectivity index (χ1v) is 14.4. The van der Waals surface area contributed by atoms with Gasteiger partial charge in [-0.05, 0) is 43.9 Å². The van der Waals surface area contributed by atoms with Gasteiger partial charge in [0.25, 0.3) is 17.5 Å². The summed E-state index contributed by atoms with van der Waals surface area (Å²) in [6.45, 7) is 2.15. The van der Waals surface area contributed by atoms with Gasteiger partial charge >= 0.3 is 0 Å². The number of nitrogens with one attached hydrogen (secondary N) is 2. The second-order valence-electron chi connectivity index (χ2n) is 11.1. The SMILES string of the molecule is C#CC1(F)CN(C2CCCC2)c2nc(Nc3ccc(C(=O)NC4CCN(CCO)CC4)cc3OC)ncc2N(C)C1=O. The first-order valence-electron chi connectivity index (χ1n) is 14.4. The molecule has 2 aromatic rings. The van der Waals surface area contributed by atoms with Gasteiger partial charge in [0.15, 0.2) is 5.82 Å². The number of carbonyl (C=O) groups is 2. The Morgan fingerprint density at radius 3 is 2.67 bits per heavy atom. The number of ether oxygens (including phenoxy) is 1.